The third kappa shape index (κ3) is 4.33. The second kappa shape index (κ2) is 10.1. The Morgan fingerprint density at radius 2 is 1.68 bits per heavy atom. The van der Waals surface area contributed by atoms with Crippen LogP contribution in [0, 0.1) is 16.0 Å². The number of carbonyl (C=O) groups is 1. The highest BCUT2D eigenvalue weighted by Crippen LogP contribution is 2.38. The van der Waals surface area contributed by atoms with Crippen LogP contribution in [0.1, 0.15) is 36.8 Å². The summed E-state index contributed by atoms with van der Waals surface area (Å²) in [5.41, 5.74) is 4.19. The number of anilines is 1. The van der Waals surface area contributed by atoms with Crippen LogP contribution in [0.15, 0.2) is 83.9 Å². The lowest BCUT2D eigenvalue weighted by Crippen LogP contribution is -2.50. The molecule has 3 heterocycles. The van der Waals surface area contributed by atoms with Crippen molar-refractivity contribution in [2.75, 3.05) is 18.0 Å². The van der Waals surface area contributed by atoms with Gasteiger partial charge in [-0.05, 0) is 29.5 Å². The molecule has 0 spiro atoms. The van der Waals surface area contributed by atoms with Crippen LogP contribution < -0.4 is 4.90 Å². The summed E-state index contributed by atoms with van der Waals surface area (Å²) in [6, 6.07) is 24.9. The van der Waals surface area contributed by atoms with Crippen LogP contribution in [0.5, 0.6) is 0 Å². The standard InChI is InChI=1S/C31H30N6O3/c1-4-34-30(38)27-29(36-19-26(20(2)3)32-31(34)36)35(18-21-9-8-12-25(17-21)37(39)40)28(33-27)24-15-13-23(14-16-24)22-10-6-5-7-11-22/h5-17,20,26H,4,18-19H2,1-3H3/t26-/m0/s1. The Morgan fingerprint density at radius 1 is 0.975 bits per heavy atom. The molecule has 0 saturated carbocycles. The van der Waals surface area contributed by atoms with E-state index in [1.807, 2.05) is 60.0 Å². The predicted molar refractivity (Wildman–Crippen MR) is 155 cm³/mol. The van der Waals surface area contributed by atoms with Gasteiger partial charge in [-0.1, -0.05) is 80.6 Å². The van der Waals surface area contributed by atoms with Crippen molar-refractivity contribution in [2.45, 2.75) is 33.4 Å². The summed E-state index contributed by atoms with van der Waals surface area (Å²) in [5.74, 6) is 2.08. The molecule has 0 radical (unpaired) electrons. The molecule has 9 nitrogen and oxygen atoms in total. The van der Waals surface area contributed by atoms with Gasteiger partial charge in [0, 0.05) is 24.2 Å². The monoisotopic (exact) mass is 534 g/mol. The number of rotatable bonds is 7. The van der Waals surface area contributed by atoms with E-state index in [0.29, 0.717) is 48.8 Å². The maximum atomic E-state index is 13.8. The van der Waals surface area contributed by atoms with Crippen molar-refractivity contribution < 1.29 is 9.72 Å². The summed E-state index contributed by atoms with van der Waals surface area (Å²) in [5, 5.41) is 11.5. The second-order valence-corrected chi connectivity index (χ2v) is 10.5. The number of fused-ring (bicyclic) bond motifs is 3. The molecular formula is C31H30N6O3. The SMILES string of the molecule is CCN1C(=O)c2nc(-c3ccc(-c4ccccc4)cc3)n(Cc3cccc([N+](=O)[O-])c3)c2N2C[C@@H](C(C)C)N=C12. The molecule has 202 valence electrons. The Morgan fingerprint density at radius 3 is 2.35 bits per heavy atom. The van der Waals surface area contributed by atoms with Crippen LogP contribution in [-0.2, 0) is 6.54 Å². The van der Waals surface area contributed by atoms with E-state index in [2.05, 4.69) is 30.9 Å². The molecule has 6 rings (SSSR count). The van der Waals surface area contributed by atoms with Gasteiger partial charge >= 0.3 is 0 Å². The van der Waals surface area contributed by atoms with Crippen molar-refractivity contribution >= 4 is 23.4 Å². The molecule has 4 aromatic rings. The fourth-order valence-corrected chi connectivity index (χ4v) is 5.41. The molecule has 1 amide bonds. The van der Waals surface area contributed by atoms with Gasteiger partial charge in [0.1, 0.15) is 11.6 Å². The van der Waals surface area contributed by atoms with Crippen molar-refractivity contribution in [3.8, 4) is 22.5 Å². The van der Waals surface area contributed by atoms with Crippen LogP contribution in [0.25, 0.3) is 22.5 Å². The number of amides is 1. The minimum absolute atomic E-state index is 0.0248. The summed E-state index contributed by atoms with van der Waals surface area (Å²) in [6.07, 6.45) is 0. The molecule has 1 atom stereocenters. The van der Waals surface area contributed by atoms with Crippen molar-refractivity contribution in [1.82, 2.24) is 14.5 Å². The zero-order valence-corrected chi connectivity index (χ0v) is 22.7. The topological polar surface area (TPSA) is 96.9 Å². The van der Waals surface area contributed by atoms with Gasteiger partial charge < -0.3 is 4.57 Å². The first kappa shape index (κ1) is 25.5. The number of aliphatic imine (C=N–C) groups is 1. The maximum Gasteiger partial charge on any atom is 0.283 e. The molecule has 40 heavy (non-hydrogen) atoms. The fourth-order valence-electron chi connectivity index (χ4n) is 5.41. The Bertz CT molecular complexity index is 1620. The predicted octanol–water partition coefficient (Wildman–Crippen LogP) is 5.85. The molecule has 3 aromatic carbocycles. The lowest BCUT2D eigenvalue weighted by molar-refractivity contribution is -0.384. The zero-order chi connectivity index (χ0) is 28.0. The molecule has 1 aromatic heterocycles. The van der Waals surface area contributed by atoms with E-state index >= 15 is 0 Å². The van der Waals surface area contributed by atoms with Gasteiger partial charge in [0.2, 0.25) is 5.96 Å². The van der Waals surface area contributed by atoms with Crippen LogP contribution in [0.4, 0.5) is 11.5 Å². The number of hydrogen-bond donors (Lipinski definition) is 0. The minimum Gasteiger partial charge on any atom is -0.305 e. The van der Waals surface area contributed by atoms with E-state index in [4.69, 9.17) is 9.98 Å². The van der Waals surface area contributed by atoms with Crippen molar-refractivity contribution in [3.63, 3.8) is 0 Å². The lowest BCUT2D eigenvalue weighted by atomic mass is 10.0. The van der Waals surface area contributed by atoms with E-state index in [9.17, 15) is 14.9 Å². The number of nitro benzene ring substituents is 1. The van der Waals surface area contributed by atoms with Crippen molar-refractivity contribution in [3.05, 3.63) is 100 Å². The van der Waals surface area contributed by atoms with Gasteiger partial charge in [-0.15, -0.1) is 0 Å². The van der Waals surface area contributed by atoms with Crippen molar-refractivity contribution in [2.24, 2.45) is 10.9 Å². The van der Waals surface area contributed by atoms with E-state index in [1.54, 1.807) is 17.0 Å². The second-order valence-electron chi connectivity index (χ2n) is 10.5. The summed E-state index contributed by atoms with van der Waals surface area (Å²) in [6.45, 7) is 7.64. The minimum atomic E-state index is -0.392. The number of nitrogens with zero attached hydrogens (tertiary/aromatic N) is 6. The smallest absolute Gasteiger partial charge is 0.283 e. The molecule has 0 unspecified atom stereocenters. The number of guanidine groups is 1. The molecule has 0 N–H and O–H groups in total. The van der Waals surface area contributed by atoms with E-state index in [-0.39, 0.29) is 17.6 Å². The molecule has 0 saturated heterocycles. The van der Waals surface area contributed by atoms with Gasteiger partial charge in [-0.3, -0.25) is 24.7 Å². The van der Waals surface area contributed by atoms with E-state index in [0.717, 1.165) is 22.3 Å². The van der Waals surface area contributed by atoms with Crippen LogP contribution >= 0.6 is 0 Å². The first-order chi connectivity index (χ1) is 19.4. The van der Waals surface area contributed by atoms with Gasteiger partial charge in [-0.25, -0.2) is 9.98 Å². The quantitative estimate of drug-likeness (QED) is 0.219. The molecule has 0 aliphatic carbocycles. The average Bonchev–Trinajstić information content (AvgIpc) is 3.57. The summed E-state index contributed by atoms with van der Waals surface area (Å²) in [4.78, 5) is 38.5. The number of hydrogen-bond acceptors (Lipinski definition) is 6. The zero-order valence-electron chi connectivity index (χ0n) is 22.7. The Labute approximate surface area is 232 Å². The van der Waals surface area contributed by atoms with Gasteiger partial charge in [0.25, 0.3) is 11.6 Å². The first-order valence-corrected chi connectivity index (χ1v) is 13.5. The molecule has 2 aliphatic rings. The highest BCUT2D eigenvalue weighted by atomic mass is 16.6. The summed E-state index contributed by atoms with van der Waals surface area (Å²) >= 11 is 0. The molecule has 0 fully saturated rings. The number of non-ortho nitro benzene ring substituents is 1. The fraction of sp³-hybridized carbons (Fsp3) is 0.258. The van der Waals surface area contributed by atoms with Crippen molar-refractivity contribution in [1.29, 1.82) is 0 Å². The van der Waals surface area contributed by atoms with Crippen LogP contribution in [0.3, 0.4) is 0 Å². The van der Waals surface area contributed by atoms with Crippen LogP contribution in [0.2, 0.25) is 0 Å². The first-order valence-electron chi connectivity index (χ1n) is 13.5. The third-order valence-electron chi connectivity index (χ3n) is 7.58. The van der Waals surface area contributed by atoms with Gasteiger partial charge in [-0.2, -0.15) is 0 Å². The molecule has 0 bridgehead atoms. The molecule has 9 heteroatoms. The number of benzene rings is 3. The van der Waals surface area contributed by atoms with Gasteiger partial charge in [0.05, 0.1) is 24.1 Å². The molecular weight excluding hydrogens is 504 g/mol. The maximum absolute atomic E-state index is 13.8. The van der Waals surface area contributed by atoms with E-state index < -0.39 is 4.92 Å². The average molecular weight is 535 g/mol. The largest absolute Gasteiger partial charge is 0.305 e. The summed E-state index contributed by atoms with van der Waals surface area (Å²) in [7, 11) is 0. The molecule has 2 aliphatic heterocycles. The Balaban J connectivity index is 1.51. The number of nitro groups is 1. The lowest BCUT2D eigenvalue weighted by Gasteiger charge is -2.33. The highest BCUT2D eigenvalue weighted by Gasteiger charge is 2.44. The van der Waals surface area contributed by atoms with E-state index in [1.165, 1.54) is 6.07 Å². The Hall–Kier alpha value is -4.79. The van der Waals surface area contributed by atoms with Gasteiger partial charge in [0.15, 0.2) is 5.69 Å². The summed E-state index contributed by atoms with van der Waals surface area (Å²) < 4.78 is 2.01. The number of imidazole rings is 1. The highest BCUT2D eigenvalue weighted by molar-refractivity contribution is 6.18. The number of aromatic nitrogens is 2. The normalized spacial score (nSPS) is 16.2. The Kier molecular flexibility index (Phi) is 6.42. The third-order valence-corrected chi connectivity index (χ3v) is 7.58. The number of carbonyl (C=O) groups excluding carboxylic acids is 1. The van der Waals surface area contributed by atoms with Crippen LogP contribution in [-0.4, -0.2) is 50.4 Å².